The fraction of sp³-hybridized carbons (Fsp3) is 0.300. The summed E-state index contributed by atoms with van der Waals surface area (Å²) < 4.78 is 20.4. The van der Waals surface area contributed by atoms with Crippen LogP contribution in [0.25, 0.3) is 22.3 Å². The molecule has 1 aromatic heterocycles. The molecule has 0 bridgehead atoms. The summed E-state index contributed by atoms with van der Waals surface area (Å²) in [6, 6.07) is 13.4. The molecule has 5 nitrogen and oxygen atoms in total. The first-order valence-electron chi connectivity index (χ1n) is 8.78. The van der Waals surface area contributed by atoms with E-state index in [2.05, 4.69) is 4.90 Å². The highest BCUT2D eigenvalue weighted by molar-refractivity contribution is 5.79. The SMILES string of the molecule is O=c1c2ccccc2nc(-c2ccc(F)cc2)n1CCN1CCOCC1. The minimum atomic E-state index is -0.309. The van der Waals surface area contributed by atoms with E-state index in [0.29, 0.717) is 23.3 Å². The van der Waals surface area contributed by atoms with Crippen molar-refractivity contribution in [1.82, 2.24) is 14.5 Å². The lowest BCUT2D eigenvalue weighted by Crippen LogP contribution is -2.39. The Hall–Kier alpha value is -2.57. The Morgan fingerprint density at radius 1 is 1.00 bits per heavy atom. The smallest absolute Gasteiger partial charge is 0.261 e. The summed E-state index contributed by atoms with van der Waals surface area (Å²) >= 11 is 0. The maximum atomic E-state index is 13.3. The second-order valence-electron chi connectivity index (χ2n) is 6.37. The number of aromatic nitrogens is 2. The molecule has 0 amide bonds. The summed E-state index contributed by atoms with van der Waals surface area (Å²) in [6.45, 7) is 4.44. The fourth-order valence-corrected chi connectivity index (χ4v) is 3.26. The van der Waals surface area contributed by atoms with Crippen molar-refractivity contribution in [2.24, 2.45) is 0 Å². The van der Waals surface area contributed by atoms with E-state index in [1.165, 1.54) is 12.1 Å². The average Bonchev–Trinajstić information content (AvgIpc) is 2.69. The third-order valence-corrected chi connectivity index (χ3v) is 4.71. The zero-order chi connectivity index (χ0) is 17.9. The Morgan fingerprint density at radius 2 is 1.73 bits per heavy atom. The van der Waals surface area contributed by atoms with Crippen LogP contribution in [0.1, 0.15) is 0 Å². The van der Waals surface area contributed by atoms with Crippen LogP contribution in [-0.2, 0) is 11.3 Å². The van der Waals surface area contributed by atoms with E-state index in [-0.39, 0.29) is 11.4 Å². The molecule has 4 rings (SSSR count). The number of rotatable bonds is 4. The standard InChI is InChI=1S/C20H20FN3O2/c21-16-7-5-15(6-8-16)19-22-18-4-2-1-3-17(18)20(25)24(19)10-9-23-11-13-26-14-12-23/h1-8H,9-14H2. The van der Waals surface area contributed by atoms with E-state index < -0.39 is 0 Å². The van der Waals surface area contributed by atoms with E-state index in [1.807, 2.05) is 18.2 Å². The predicted molar refractivity (Wildman–Crippen MR) is 98.7 cm³/mol. The van der Waals surface area contributed by atoms with Crippen LogP contribution in [-0.4, -0.2) is 47.3 Å². The number of nitrogens with zero attached hydrogens (tertiary/aromatic N) is 3. The van der Waals surface area contributed by atoms with E-state index in [4.69, 9.17) is 9.72 Å². The van der Waals surface area contributed by atoms with Gasteiger partial charge in [-0.05, 0) is 36.4 Å². The van der Waals surface area contributed by atoms with Crippen LogP contribution in [0.4, 0.5) is 4.39 Å². The number of ether oxygens (including phenoxy) is 1. The van der Waals surface area contributed by atoms with E-state index >= 15 is 0 Å². The first kappa shape index (κ1) is 16.9. The molecule has 1 saturated heterocycles. The van der Waals surface area contributed by atoms with Gasteiger partial charge in [-0.3, -0.25) is 14.3 Å². The molecule has 0 N–H and O–H groups in total. The van der Waals surface area contributed by atoms with Gasteiger partial charge < -0.3 is 4.74 Å². The van der Waals surface area contributed by atoms with Gasteiger partial charge in [-0.15, -0.1) is 0 Å². The zero-order valence-electron chi connectivity index (χ0n) is 14.4. The van der Waals surface area contributed by atoms with E-state index in [9.17, 15) is 9.18 Å². The van der Waals surface area contributed by atoms with Gasteiger partial charge in [0.05, 0.1) is 24.1 Å². The minimum Gasteiger partial charge on any atom is -0.379 e. The molecule has 1 fully saturated rings. The maximum absolute atomic E-state index is 13.3. The molecule has 0 saturated carbocycles. The topological polar surface area (TPSA) is 47.4 Å². The molecule has 0 atom stereocenters. The van der Waals surface area contributed by atoms with Crippen molar-refractivity contribution >= 4 is 10.9 Å². The van der Waals surface area contributed by atoms with Crippen LogP contribution >= 0.6 is 0 Å². The molecule has 1 aliphatic heterocycles. The van der Waals surface area contributed by atoms with E-state index in [1.54, 1.807) is 22.8 Å². The summed E-state index contributed by atoms with van der Waals surface area (Å²) in [4.78, 5) is 20.0. The summed E-state index contributed by atoms with van der Waals surface area (Å²) in [5.74, 6) is 0.263. The largest absolute Gasteiger partial charge is 0.379 e. The first-order chi connectivity index (χ1) is 12.7. The predicted octanol–water partition coefficient (Wildman–Crippen LogP) is 2.53. The zero-order valence-corrected chi connectivity index (χ0v) is 14.4. The number of morpholine rings is 1. The highest BCUT2D eigenvalue weighted by atomic mass is 19.1. The first-order valence-corrected chi connectivity index (χ1v) is 8.78. The molecular formula is C20H20FN3O2. The number of fused-ring (bicyclic) bond motifs is 1. The minimum absolute atomic E-state index is 0.0665. The van der Waals surface area contributed by atoms with Crippen LogP contribution in [0.2, 0.25) is 0 Å². The normalized spacial score (nSPS) is 15.4. The van der Waals surface area contributed by atoms with Crippen LogP contribution in [0.15, 0.2) is 53.3 Å². The molecule has 3 aromatic rings. The van der Waals surface area contributed by atoms with Crippen molar-refractivity contribution < 1.29 is 9.13 Å². The Bertz CT molecular complexity index is 963. The molecule has 26 heavy (non-hydrogen) atoms. The third-order valence-electron chi connectivity index (χ3n) is 4.71. The van der Waals surface area contributed by atoms with Crippen molar-refractivity contribution in [3.63, 3.8) is 0 Å². The number of hydrogen-bond acceptors (Lipinski definition) is 4. The van der Waals surface area contributed by atoms with Gasteiger partial charge >= 0.3 is 0 Å². The number of halogens is 1. The van der Waals surface area contributed by atoms with Crippen molar-refractivity contribution in [3.05, 3.63) is 64.7 Å². The van der Waals surface area contributed by atoms with Gasteiger partial charge in [0.15, 0.2) is 0 Å². The monoisotopic (exact) mass is 353 g/mol. The number of para-hydroxylation sites is 1. The summed E-state index contributed by atoms with van der Waals surface area (Å²) in [7, 11) is 0. The lowest BCUT2D eigenvalue weighted by atomic mass is 10.1. The number of benzene rings is 2. The van der Waals surface area contributed by atoms with Crippen molar-refractivity contribution in [3.8, 4) is 11.4 Å². The molecule has 2 heterocycles. The maximum Gasteiger partial charge on any atom is 0.261 e. The average molecular weight is 353 g/mol. The van der Waals surface area contributed by atoms with Gasteiger partial charge in [0.2, 0.25) is 0 Å². The Morgan fingerprint density at radius 3 is 2.50 bits per heavy atom. The molecule has 0 aliphatic carbocycles. The highest BCUT2D eigenvalue weighted by Crippen LogP contribution is 2.19. The van der Waals surface area contributed by atoms with Gasteiger partial charge in [-0.25, -0.2) is 9.37 Å². The van der Waals surface area contributed by atoms with Gasteiger partial charge in [0.25, 0.3) is 5.56 Å². The van der Waals surface area contributed by atoms with Crippen LogP contribution in [0, 0.1) is 5.82 Å². The Kier molecular flexibility index (Phi) is 4.77. The molecule has 1 aliphatic rings. The van der Waals surface area contributed by atoms with Gasteiger partial charge in [0.1, 0.15) is 11.6 Å². The summed E-state index contributed by atoms with van der Waals surface area (Å²) in [6.07, 6.45) is 0. The quantitative estimate of drug-likeness (QED) is 0.723. The molecule has 134 valence electrons. The molecular weight excluding hydrogens is 333 g/mol. The Labute approximate surface area is 150 Å². The van der Waals surface area contributed by atoms with Gasteiger partial charge in [-0.1, -0.05) is 12.1 Å². The molecule has 2 aromatic carbocycles. The molecule has 0 radical (unpaired) electrons. The van der Waals surface area contributed by atoms with Gasteiger partial charge in [-0.2, -0.15) is 0 Å². The third kappa shape index (κ3) is 3.38. The fourth-order valence-electron chi connectivity index (χ4n) is 3.26. The Balaban J connectivity index is 1.77. The van der Waals surface area contributed by atoms with E-state index in [0.717, 1.165) is 38.4 Å². The number of hydrogen-bond donors (Lipinski definition) is 0. The van der Waals surface area contributed by atoms with Crippen LogP contribution in [0.5, 0.6) is 0 Å². The van der Waals surface area contributed by atoms with Crippen LogP contribution in [0.3, 0.4) is 0 Å². The lowest BCUT2D eigenvalue weighted by molar-refractivity contribution is 0.0363. The van der Waals surface area contributed by atoms with Crippen LogP contribution < -0.4 is 5.56 Å². The highest BCUT2D eigenvalue weighted by Gasteiger charge is 2.15. The van der Waals surface area contributed by atoms with Crippen molar-refractivity contribution in [2.75, 3.05) is 32.8 Å². The van der Waals surface area contributed by atoms with Crippen molar-refractivity contribution in [2.45, 2.75) is 6.54 Å². The van der Waals surface area contributed by atoms with Crippen molar-refractivity contribution in [1.29, 1.82) is 0 Å². The second-order valence-corrected chi connectivity index (χ2v) is 6.37. The molecule has 0 spiro atoms. The second kappa shape index (κ2) is 7.35. The lowest BCUT2D eigenvalue weighted by Gasteiger charge is -2.27. The molecule has 0 unspecified atom stereocenters. The molecule has 6 heteroatoms. The summed E-state index contributed by atoms with van der Waals surface area (Å²) in [5, 5.41) is 0.598. The summed E-state index contributed by atoms with van der Waals surface area (Å²) in [5.41, 5.74) is 1.32. The van der Waals surface area contributed by atoms with Gasteiger partial charge in [0, 0.05) is 31.7 Å².